The van der Waals surface area contributed by atoms with Gasteiger partial charge in [0, 0.05) is 5.75 Å². The van der Waals surface area contributed by atoms with Crippen molar-refractivity contribution in [1.82, 2.24) is 0 Å². The van der Waals surface area contributed by atoms with E-state index in [1.165, 1.54) is 5.56 Å². The molecule has 0 bridgehead atoms. The van der Waals surface area contributed by atoms with Gasteiger partial charge in [-0.2, -0.15) is 11.8 Å². The summed E-state index contributed by atoms with van der Waals surface area (Å²) in [6.07, 6.45) is 0.580. The van der Waals surface area contributed by atoms with Crippen LogP contribution in [0.2, 0.25) is 0 Å². The molecule has 2 nitrogen and oxygen atoms in total. The Morgan fingerprint density at radius 2 is 2.12 bits per heavy atom. The molecule has 0 saturated carbocycles. The lowest BCUT2D eigenvalue weighted by atomic mass is 10.1. The van der Waals surface area contributed by atoms with Gasteiger partial charge in [0.15, 0.2) is 16.3 Å². The van der Waals surface area contributed by atoms with Crippen molar-refractivity contribution >= 4 is 45.6 Å². The zero-order chi connectivity index (χ0) is 12.7. The van der Waals surface area contributed by atoms with E-state index in [-0.39, 0.29) is 0 Å². The van der Waals surface area contributed by atoms with E-state index < -0.39 is 10.8 Å². The number of halogens is 2. The summed E-state index contributed by atoms with van der Waals surface area (Å²) < 4.78 is 4.46. The second kappa shape index (κ2) is 7.29. The van der Waals surface area contributed by atoms with E-state index in [4.69, 9.17) is 11.6 Å². The summed E-state index contributed by atoms with van der Waals surface area (Å²) >= 11 is 10.5. The standard InChI is InChI=1S/C12H14BrClO2S/c1-12(14,11(15)16-13)7-8-17-9-10-5-3-2-4-6-10/h2-6H,7-9H2,1H3. The van der Waals surface area contributed by atoms with Crippen molar-refractivity contribution in [2.24, 2.45) is 0 Å². The summed E-state index contributed by atoms with van der Waals surface area (Å²) in [5, 5.41) is 0. The van der Waals surface area contributed by atoms with Crippen LogP contribution >= 0.6 is 39.6 Å². The third-order valence-corrected chi connectivity index (χ3v) is 3.99. The third-order valence-electron chi connectivity index (χ3n) is 2.32. The predicted octanol–water partition coefficient (Wildman–Crippen LogP) is 4.16. The summed E-state index contributed by atoms with van der Waals surface area (Å²) in [6.45, 7) is 1.67. The van der Waals surface area contributed by atoms with Gasteiger partial charge >= 0.3 is 5.97 Å². The first kappa shape index (κ1) is 14.9. The van der Waals surface area contributed by atoms with Crippen LogP contribution in [0, 0.1) is 0 Å². The van der Waals surface area contributed by atoms with E-state index in [1.807, 2.05) is 18.2 Å². The molecule has 1 unspecified atom stereocenters. The van der Waals surface area contributed by atoms with Crippen molar-refractivity contribution in [3.8, 4) is 0 Å². The molecule has 0 aliphatic carbocycles. The number of carbonyl (C=O) groups excluding carboxylic acids is 1. The maximum Gasteiger partial charge on any atom is 0.338 e. The number of benzene rings is 1. The van der Waals surface area contributed by atoms with Crippen LogP contribution in [0.5, 0.6) is 0 Å². The zero-order valence-corrected chi connectivity index (χ0v) is 12.6. The lowest BCUT2D eigenvalue weighted by Crippen LogP contribution is -2.29. The van der Waals surface area contributed by atoms with Crippen molar-refractivity contribution in [3.63, 3.8) is 0 Å². The predicted molar refractivity (Wildman–Crippen MR) is 76.5 cm³/mol. The fraction of sp³-hybridized carbons (Fsp3) is 0.417. The zero-order valence-electron chi connectivity index (χ0n) is 9.49. The molecule has 0 aliphatic heterocycles. The normalized spacial score (nSPS) is 14.1. The topological polar surface area (TPSA) is 26.3 Å². The molecule has 0 aliphatic rings. The number of hydrogen-bond acceptors (Lipinski definition) is 3. The van der Waals surface area contributed by atoms with Crippen LogP contribution in [0.15, 0.2) is 30.3 Å². The summed E-state index contributed by atoms with van der Waals surface area (Å²) in [6, 6.07) is 10.2. The monoisotopic (exact) mass is 336 g/mol. The molecule has 0 amide bonds. The molecule has 5 heteroatoms. The summed E-state index contributed by atoms with van der Waals surface area (Å²) in [4.78, 5) is 10.3. The Kier molecular flexibility index (Phi) is 6.38. The largest absolute Gasteiger partial charge is 0.382 e. The maximum atomic E-state index is 11.3. The maximum absolute atomic E-state index is 11.3. The number of carbonyl (C=O) groups is 1. The summed E-state index contributed by atoms with van der Waals surface area (Å²) in [7, 11) is 0. The molecular weight excluding hydrogens is 324 g/mol. The highest BCUT2D eigenvalue weighted by Crippen LogP contribution is 2.25. The lowest BCUT2D eigenvalue weighted by molar-refractivity contribution is -0.134. The Morgan fingerprint density at radius 3 is 2.71 bits per heavy atom. The van der Waals surface area contributed by atoms with Gasteiger partial charge in [-0.05, 0) is 24.7 Å². The molecule has 1 atom stereocenters. The fourth-order valence-corrected chi connectivity index (χ4v) is 3.03. The van der Waals surface area contributed by atoms with Crippen molar-refractivity contribution in [2.45, 2.75) is 24.0 Å². The van der Waals surface area contributed by atoms with E-state index in [9.17, 15) is 4.79 Å². The van der Waals surface area contributed by atoms with Gasteiger partial charge in [-0.15, -0.1) is 11.6 Å². The smallest absolute Gasteiger partial charge is 0.338 e. The minimum Gasteiger partial charge on any atom is -0.382 e. The average Bonchev–Trinajstić information content (AvgIpc) is 2.35. The average molecular weight is 338 g/mol. The van der Waals surface area contributed by atoms with Crippen LogP contribution < -0.4 is 0 Å². The van der Waals surface area contributed by atoms with Crippen LogP contribution in [0.1, 0.15) is 18.9 Å². The van der Waals surface area contributed by atoms with Crippen molar-refractivity contribution in [1.29, 1.82) is 0 Å². The van der Waals surface area contributed by atoms with Crippen LogP contribution in [-0.2, 0) is 14.4 Å². The fourth-order valence-electron chi connectivity index (χ4n) is 1.21. The quantitative estimate of drug-likeness (QED) is 0.576. The van der Waals surface area contributed by atoms with E-state index in [0.29, 0.717) is 6.42 Å². The first-order chi connectivity index (χ1) is 8.06. The number of alkyl halides is 1. The highest BCUT2D eigenvalue weighted by atomic mass is 79.9. The van der Waals surface area contributed by atoms with E-state index in [2.05, 4.69) is 32.2 Å². The molecule has 17 heavy (non-hydrogen) atoms. The van der Waals surface area contributed by atoms with Crippen molar-refractivity contribution < 1.29 is 8.62 Å². The highest BCUT2D eigenvalue weighted by molar-refractivity contribution is 9.06. The second-order valence-electron chi connectivity index (χ2n) is 3.85. The molecular formula is C12H14BrClO2S. The van der Waals surface area contributed by atoms with Crippen LogP contribution in [0.3, 0.4) is 0 Å². The molecule has 0 N–H and O–H groups in total. The van der Waals surface area contributed by atoms with E-state index >= 15 is 0 Å². The Labute approximate surface area is 120 Å². The molecule has 1 rings (SSSR count). The molecule has 1 aromatic rings. The summed E-state index contributed by atoms with van der Waals surface area (Å²) in [5.74, 6) is 1.30. The Hall–Kier alpha value is -0.190. The van der Waals surface area contributed by atoms with Gasteiger partial charge in [-0.25, -0.2) is 4.79 Å². The van der Waals surface area contributed by atoms with Gasteiger partial charge in [0.2, 0.25) is 0 Å². The molecule has 0 heterocycles. The summed E-state index contributed by atoms with van der Waals surface area (Å²) in [5.41, 5.74) is 1.27. The van der Waals surface area contributed by atoms with Gasteiger partial charge < -0.3 is 3.83 Å². The second-order valence-corrected chi connectivity index (χ2v) is 6.11. The third kappa shape index (κ3) is 5.32. The Bertz CT molecular complexity index is 357. The van der Waals surface area contributed by atoms with Gasteiger partial charge in [-0.1, -0.05) is 30.3 Å². The molecule has 0 radical (unpaired) electrons. The van der Waals surface area contributed by atoms with E-state index in [0.717, 1.165) is 11.5 Å². The molecule has 0 spiro atoms. The molecule has 94 valence electrons. The molecule has 0 saturated heterocycles. The first-order valence-electron chi connectivity index (χ1n) is 5.20. The number of thioether (sulfide) groups is 1. The minimum atomic E-state index is -0.951. The Morgan fingerprint density at radius 1 is 1.47 bits per heavy atom. The van der Waals surface area contributed by atoms with Gasteiger partial charge in [0.1, 0.15) is 4.87 Å². The van der Waals surface area contributed by atoms with Crippen molar-refractivity contribution in [2.75, 3.05) is 5.75 Å². The molecule has 0 aromatic heterocycles. The van der Waals surface area contributed by atoms with Crippen LogP contribution in [0.4, 0.5) is 0 Å². The highest BCUT2D eigenvalue weighted by Gasteiger charge is 2.31. The van der Waals surface area contributed by atoms with Crippen molar-refractivity contribution in [3.05, 3.63) is 35.9 Å². The first-order valence-corrected chi connectivity index (χ1v) is 7.38. The van der Waals surface area contributed by atoms with E-state index in [1.54, 1.807) is 18.7 Å². The lowest BCUT2D eigenvalue weighted by Gasteiger charge is -2.17. The van der Waals surface area contributed by atoms with Gasteiger partial charge in [0.25, 0.3) is 0 Å². The minimum absolute atomic E-state index is 0.445. The van der Waals surface area contributed by atoms with Gasteiger partial charge in [0.05, 0.1) is 0 Å². The number of rotatable bonds is 6. The number of hydrogen-bond donors (Lipinski definition) is 0. The van der Waals surface area contributed by atoms with Crippen LogP contribution in [0.25, 0.3) is 0 Å². The van der Waals surface area contributed by atoms with Crippen LogP contribution in [-0.4, -0.2) is 16.6 Å². The Balaban J connectivity index is 2.27. The molecule has 0 fully saturated rings. The van der Waals surface area contributed by atoms with Gasteiger partial charge in [-0.3, -0.25) is 0 Å². The SMILES string of the molecule is CC(Cl)(CCSCc1ccccc1)C(=O)OBr. The molecule has 1 aromatic carbocycles.